The summed E-state index contributed by atoms with van der Waals surface area (Å²) >= 11 is 0. The number of aromatic nitrogens is 4. The zero-order valence-corrected chi connectivity index (χ0v) is 18.7. The summed E-state index contributed by atoms with van der Waals surface area (Å²) in [7, 11) is 0. The maximum absolute atomic E-state index is 12.8. The van der Waals surface area contributed by atoms with E-state index in [4.69, 9.17) is 0 Å². The Bertz CT molecular complexity index is 1540. The molecule has 3 aromatic carbocycles. The fraction of sp³-hybridized carbons (Fsp3) is 0.111. The zero-order chi connectivity index (χ0) is 23.5. The molecule has 0 fully saturated rings. The van der Waals surface area contributed by atoms with Crippen LogP contribution in [0.25, 0.3) is 16.7 Å². The van der Waals surface area contributed by atoms with Gasteiger partial charge in [0.2, 0.25) is 5.43 Å². The van der Waals surface area contributed by atoms with Crippen molar-refractivity contribution in [2.24, 2.45) is 0 Å². The lowest BCUT2D eigenvalue weighted by atomic mass is 10.1. The summed E-state index contributed by atoms with van der Waals surface area (Å²) < 4.78 is 3.70. The highest BCUT2D eigenvalue weighted by Gasteiger charge is 2.15. The van der Waals surface area contributed by atoms with Crippen molar-refractivity contribution >= 4 is 16.9 Å². The predicted molar refractivity (Wildman–Crippen MR) is 131 cm³/mol. The molecule has 0 radical (unpaired) electrons. The van der Waals surface area contributed by atoms with Crippen molar-refractivity contribution in [1.29, 1.82) is 0 Å². The van der Waals surface area contributed by atoms with Crippen LogP contribution in [0.4, 0.5) is 0 Å². The standard InChI is InChI=1S/C27H23N5O2/c1-19-14-25(33)26(30-32(19)22-10-3-2-4-11-22)27(34)28-16-20-8-7-9-21(15-20)17-31-18-29-23-12-5-6-13-24(23)31/h2-15,18H,16-17H2,1H3,(H,28,34). The Labute approximate surface area is 196 Å². The first kappa shape index (κ1) is 21.3. The van der Waals surface area contributed by atoms with Gasteiger partial charge in [-0.25, -0.2) is 9.67 Å². The van der Waals surface area contributed by atoms with Crippen LogP contribution < -0.4 is 10.7 Å². The molecule has 0 bridgehead atoms. The third kappa shape index (κ3) is 4.36. The molecule has 34 heavy (non-hydrogen) atoms. The average Bonchev–Trinajstić information content (AvgIpc) is 3.26. The topological polar surface area (TPSA) is 81.8 Å². The zero-order valence-electron chi connectivity index (χ0n) is 18.7. The molecule has 0 aliphatic heterocycles. The Morgan fingerprint density at radius 3 is 2.53 bits per heavy atom. The number of carbonyl (C=O) groups is 1. The van der Waals surface area contributed by atoms with E-state index in [0.717, 1.165) is 27.8 Å². The molecule has 0 saturated carbocycles. The number of amides is 1. The first-order valence-electron chi connectivity index (χ1n) is 11.0. The molecule has 0 saturated heterocycles. The molecule has 2 aromatic heterocycles. The van der Waals surface area contributed by atoms with Crippen LogP contribution in [0.3, 0.4) is 0 Å². The van der Waals surface area contributed by atoms with E-state index >= 15 is 0 Å². The number of hydrogen-bond acceptors (Lipinski definition) is 4. The number of aryl methyl sites for hydroxylation is 1. The first-order valence-corrected chi connectivity index (χ1v) is 11.0. The van der Waals surface area contributed by atoms with Gasteiger partial charge in [0.25, 0.3) is 5.91 Å². The van der Waals surface area contributed by atoms with Gasteiger partial charge in [-0.3, -0.25) is 9.59 Å². The lowest BCUT2D eigenvalue weighted by Gasteiger charge is -2.12. The van der Waals surface area contributed by atoms with Crippen molar-refractivity contribution in [3.05, 3.63) is 124 Å². The molecule has 2 heterocycles. The van der Waals surface area contributed by atoms with Gasteiger partial charge in [-0.2, -0.15) is 5.10 Å². The van der Waals surface area contributed by atoms with Gasteiger partial charge in [-0.05, 0) is 42.3 Å². The van der Waals surface area contributed by atoms with Gasteiger partial charge < -0.3 is 9.88 Å². The third-order valence-corrected chi connectivity index (χ3v) is 5.65. The summed E-state index contributed by atoms with van der Waals surface area (Å²) in [5, 5.41) is 7.17. The van der Waals surface area contributed by atoms with E-state index in [9.17, 15) is 9.59 Å². The number of para-hydroxylation sites is 3. The minimum atomic E-state index is -0.499. The van der Waals surface area contributed by atoms with E-state index in [2.05, 4.69) is 20.0 Å². The third-order valence-electron chi connectivity index (χ3n) is 5.65. The van der Waals surface area contributed by atoms with E-state index in [-0.39, 0.29) is 12.2 Å². The summed E-state index contributed by atoms with van der Waals surface area (Å²) in [4.78, 5) is 29.7. The first-order chi connectivity index (χ1) is 16.6. The second kappa shape index (κ2) is 9.15. The second-order valence-electron chi connectivity index (χ2n) is 8.11. The van der Waals surface area contributed by atoms with Crippen molar-refractivity contribution in [1.82, 2.24) is 24.6 Å². The fourth-order valence-corrected chi connectivity index (χ4v) is 3.97. The molecular weight excluding hydrogens is 426 g/mol. The smallest absolute Gasteiger partial charge is 0.276 e. The highest BCUT2D eigenvalue weighted by atomic mass is 16.2. The average molecular weight is 450 g/mol. The van der Waals surface area contributed by atoms with Crippen molar-refractivity contribution in [2.75, 3.05) is 0 Å². The minimum Gasteiger partial charge on any atom is -0.346 e. The molecule has 168 valence electrons. The van der Waals surface area contributed by atoms with Crippen LogP contribution >= 0.6 is 0 Å². The van der Waals surface area contributed by atoms with E-state index in [1.807, 2.05) is 85.2 Å². The van der Waals surface area contributed by atoms with Crippen LogP contribution in [0.5, 0.6) is 0 Å². The van der Waals surface area contributed by atoms with Gasteiger partial charge in [0, 0.05) is 24.8 Å². The molecule has 0 aliphatic carbocycles. The second-order valence-corrected chi connectivity index (χ2v) is 8.11. The summed E-state index contributed by atoms with van der Waals surface area (Å²) in [5.41, 5.74) is 4.97. The molecule has 1 N–H and O–H groups in total. The monoisotopic (exact) mass is 449 g/mol. The van der Waals surface area contributed by atoms with E-state index in [0.29, 0.717) is 12.2 Å². The highest BCUT2D eigenvalue weighted by Crippen LogP contribution is 2.15. The van der Waals surface area contributed by atoms with Crippen LogP contribution in [-0.2, 0) is 13.1 Å². The fourth-order valence-electron chi connectivity index (χ4n) is 3.97. The van der Waals surface area contributed by atoms with Gasteiger partial charge >= 0.3 is 0 Å². The van der Waals surface area contributed by atoms with Crippen molar-refractivity contribution < 1.29 is 4.79 Å². The number of benzene rings is 3. The highest BCUT2D eigenvalue weighted by molar-refractivity contribution is 5.92. The van der Waals surface area contributed by atoms with Gasteiger partial charge in [0.15, 0.2) is 5.69 Å². The Morgan fingerprint density at radius 1 is 0.912 bits per heavy atom. The van der Waals surface area contributed by atoms with E-state index in [1.54, 1.807) is 11.6 Å². The predicted octanol–water partition coefficient (Wildman–Crippen LogP) is 3.87. The Hall–Kier alpha value is -4.52. The molecule has 7 nitrogen and oxygen atoms in total. The summed E-state index contributed by atoms with van der Waals surface area (Å²) in [6.45, 7) is 2.75. The number of fused-ring (bicyclic) bond motifs is 1. The lowest BCUT2D eigenvalue weighted by Crippen LogP contribution is -2.31. The normalized spacial score (nSPS) is 11.0. The van der Waals surface area contributed by atoms with Gasteiger partial charge in [-0.15, -0.1) is 0 Å². The van der Waals surface area contributed by atoms with Gasteiger partial charge in [-0.1, -0.05) is 54.6 Å². The molecular formula is C27H23N5O2. The van der Waals surface area contributed by atoms with Gasteiger partial charge in [0.05, 0.1) is 23.0 Å². The molecule has 5 aromatic rings. The van der Waals surface area contributed by atoms with Crippen LogP contribution in [-0.4, -0.2) is 25.2 Å². The van der Waals surface area contributed by atoms with Crippen molar-refractivity contribution in [3.8, 4) is 5.69 Å². The molecule has 1 amide bonds. The number of nitrogens with zero attached hydrogens (tertiary/aromatic N) is 4. The number of imidazole rings is 1. The molecule has 0 unspecified atom stereocenters. The Morgan fingerprint density at radius 2 is 1.68 bits per heavy atom. The molecule has 5 rings (SSSR count). The number of nitrogens with one attached hydrogen (secondary N) is 1. The Kier molecular flexibility index (Phi) is 5.74. The van der Waals surface area contributed by atoms with E-state index < -0.39 is 11.3 Å². The van der Waals surface area contributed by atoms with Crippen LogP contribution in [0, 0.1) is 6.92 Å². The lowest BCUT2D eigenvalue weighted by molar-refractivity contribution is 0.0943. The van der Waals surface area contributed by atoms with Gasteiger partial charge in [0.1, 0.15) is 0 Å². The van der Waals surface area contributed by atoms with E-state index in [1.165, 1.54) is 6.07 Å². The van der Waals surface area contributed by atoms with Crippen molar-refractivity contribution in [2.45, 2.75) is 20.0 Å². The molecule has 7 heteroatoms. The molecule has 0 aliphatic rings. The SMILES string of the molecule is Cc1cc(=O)c(C(=O)NCc2cccc(Cn3cnc4ccccc43)c2)nn1-c1ccccc1. The maximum atomic E-state index is 12.8. The summed E-state index contributed by atoms with van der Waals surface area (Å²) in [6, 6.07) is 26.8. The number of hydrogen-bond donors (Lipinski definition) is 1. The largest absolute Gasteiger partial charge is 0.346 e. The molecule has 0 atom stereocenters. The summed E-state index contributed by atoms with van der Waals surface area (Å²) in [5.74, 6) is -0.499. The summed E-state index contributed by atoms with van der Waals surface area (Å²) in [6.07, 6.45) is 1.83. The number of rotatable bonds is 6. The van der Waals surface area contributed by atoms with Crippen molar-refractivity contribution in [3.63, 3.8) is 0 Å². The maximum Gasteiger partial charge on any atom is 0.276 e. The molecule has 0 spiro atoms. The van der Waals surface area contributed by atoms with Crippen LogP contribution in [0.15, 0.2) is 96.1 Å². The Balaban J connectivity index is 1.32. The number of carbonyl (C=O) groups excluding carboxylic acids is 1. The minimum absolute atomic E-state index is 0.129. The quantitative estimate of drug-likeness (QED) is 0.427. The van der Waals surface area contributed by atoms with Crippen LogP contribution in [0.1, 0.15) is 27.3 Å². The van der Waals surface area contributed by atoms with Crippen LogP contribution in [0.2, 0.25) is 0 Å².